The predicted octanol–water partition coefficient (Wildman–Crippen LogP) is 4.64. The van der Waals surface area contributed by atoms with Gasteiger partial charge in [0.05, 0.1) is 0 Å². The molecule has 3 rings (SSSR count). The minimum absolute atomic E-state index is 0.0710. The van der Waals surface area contributed by atoms with Gasteiger partial charge in [0.15, 0.2) is 6.61 Å². The maximum atomic E-state index is 13.0. The second-order valence-electron chi connectivity index (χ2n) is 8.43. The Kier molecular flexibility index (Phi) is 7.00. The molecule has 0 aliphatic carbocycles. The number of alkyl halides is 5. The van der Waals surface area contributed by atoms with Gasteiger partial charge in [-0.05, 0) is 35.4 Å². The van der Waals surface area contributed by atoms with Gasteiger partial charge in [-0.2, -0.15) is 22.0 Å². The number of hydrogen-bond acceptors (Lipinski definition) is 4. The van der Waals surface area contributed by atoms with Crippen LogP contribution in [0.5, 0.6) is 11.5 Å². The lowest BCUT2D eigenvalue weighted by Gasteiger charge is -2.27. The topological polar surface area (TPSA) is 41.7 Å². The summed E-state index contributed by atoms with van der Waals surface area (Å²) in [6.07, 6.45) is -6.21. The zero-order valence-corrected chi connectivity index (χ0v) is 17.8. The fourth-order valence-corrected chi connectivity index (χ4v) is 3.15. The molecule has 2 aromatic carbocycles. The number of aliphatic hydroxyl groups excluding tert-OH is 1. The predicted molar refractivity (Wildman–Crippen MR) is 109 cm³/mol. The summed E-state index contributed by atoms with van der Waals surface area (Å²) in [7, 11) is 0. The van der Waals surface area contributed by atoms with Crippen LogP contribution in [-0.2, 0) is 5.41 Å². The lowest BCUT2D eigenvalue weighted by molar-refractivity contribution is -0.290. The van der Waals surface area contributed by atoms with Crippen molar-refractivity contribution in [1.82, 2.24) is 4.90 Å². The van der Waals surface area contributed by atoms with E-state index < -0.39 is 30.2 Å². The van der Waals surface area contributed by atoms with Crippen molar-refractivity contribution >= 4 is 0 Å². The molecule has 4 nitrogen and oxygen atoms in total. The third kappa shape index (κ3) is 6.10. The fourth-order valence-electron chi connectivity index (χ4n) is 3.15. The first-order valence-electron chi connectivity index (χ1n) is 10.2. The Morgan fingerprint density at radius 1 is 0.844 bits per heavy atom. The van der Waals surface area contributed by atoms with E-state index in [4.69, 9.17) is 4.74 Å². The average Bonchev–Trinajstić information content (AvgIpc) is 3.54. The number of ether oxygens (including phenoxy) is 2. The molecule has 0 bridgehead atoms. The van der Waals surface area contributed by atoms with E-state index in [-0.39, 0.29) is 12.4 Å². The largest absolute Gasteiger partial charge is 0.491 e. The minimum Gasteiger partial charge on any atom is -0.491 e. The van der Waals surface area contributed by atoms with Gasteiger partial charge in [0.2, 0.25) is 0 Å². The number of benzene rings is 2. The van der Waals surface area contributed by atoms with Crippen LogP contribution < -0.4 is 9.47 Å². The van der Waals surface area contributed by atoms with E-state index in [1.807, 2.05) is 26.0 Å². The summed E-state index contributed by atoms with van der Waals surface area (Å²) < 4.78 is 73.1. The summed E-state index contributed by atoms with van der Waals surface area (Å²) in [5.41, 5.74) is 1.31. The van der Waals surface area contributed by atoms with Gasteiger partial charge in [-0.1, -0.05) is 38.1 Å². The fraction of sp³-hybridized carbons (Fsp3) is 0.478. The highest BCUT2D eigenvalue weighted by Gasteiger charge is 2.58. The Morgan fingerprint density at radius 2 is 1.31 bits per heavy atom. The molecule has 32 heavy (non-hydrogen) atoms. The van der Waals surface area contributed by atoms with E-state index in [1.54, 1.807) is 24.3 Å². The molecule has 1 saturated heterocycles. The highest BCUT2D eigenvalue weighted by atomic mass is 19.4. The van der Waals surface area contributed by atoms with Crippen molar-refractivity contribution in [2.45, 2.75) is 37.5 Å². The van der Waals surface area contributed by atoms with Gasteiger partial charge in [-0.15, -0.1) is 0 Å². The lowest BCUT2D eigenvalue weighted by Crippen LogP contribution is -2.41. The zero-order chi connectivity index (χ0) is 23.6. The van der Waals surface area contributed by atoms with Crippen LogP contribution in [0.1, 0.15) is 25.0 Å². The van der Waals surface area contributed by atoms with Crippen LogP contribution >= 0.6 is 0 Å². The second kappa shape index (κ2) is 9.23. The molecule has 0 saturated carbocycles. The number of hydrogen-bond donors (Lipinski definition) is 1. The highest BCUT2D eigenvalue weighted by molar-refractivity contribution is 5.41. The number of halogens is 5. The molecule has 176 valence electrons. The van der Waals surface area contributed by atoms with Crippen LogP contribution in [0.2, 0.25) is 0 Å². The molecule has 1 heterocycles. The van der Waals surface area contributed by atoms with E-state index >= 15 is 0 Å². The minimum atomic E-state index is -5.65. The van der Waals surface area contributed by atoms with Crippen molar-refractivity contribution in [2.24, 2.45) is 0 Å². The van der Waals surface area contributed by atoms with Crippen molar-refractivity contribution < 1.29 is 36.5 Å². The van der Waals surface area contributed by atoms with Crippen molar-refractivity contribution in [1.29, 1.82) is 0 Å². The summed E-state index contributed by atoms with van der Waals surface area (Å²) in [4.78, 5) is 2.11. The van der Waals surface area contributed by atoms with Gasteiger partial charge < -0.3 is 14.6 Å². The molecular formula is C23H26F5NO3. The zero-order valence-electron chi connectivity index (χ0n) is 17.8. The summed E-state index contributed by atoms with van der Waals surface area (Å²) in [6.45, 7) is 4.97. The standard InChI is InChI=1S/C23H26F5NO3/c1-21(2,16-3-7-19(8-4-16)31-14-18(30)13-29-11-12-29)17-5-9-20(10-6-17)32-15-22(24,25)23(26,27)28/h3-10,18,30H,11-15H2,1-2H3. The van der Waals surface area contributed by atoms with Crippen LogP contribution in [-0.4, -0.2) is 61.1 Å². The highest BCUT2D eigenvalue weighted by Crippen LogP contribution is 2.37. The van der Waals surface area contributed by atoms with Gasteiger partial charge >= 0.3 is 12.1 Å². The Bertz CT molecular complexity index is 878. The summed E-state index contributed by atoms with van der Waals surface area (Å²) in [5, 5.41) is 9.92. The second-order valence-corrected chi connectivity index (χ2v) is 8.43. The monoisotopic (exact) mass is 459 g/mol. The molecule has 1 aliphatic heterocycles. The number of nitrogens with zero attached hydrogens (tertiary/aromatic N) is 1. The molecule has 2 aromatic rings. The van der Waals surface area contributed by atoms with Crippen LogP contribution in [0, 0.1) is 0 Å². The SMILES string of the molecule is CC(C)(c1ccc(OCC(O)CN2CC2)cc1)c1ccc(OCC(F)(F)C(F)(F)F)cc1. The lowest BCUT2D eigenvalue weighted by atomic mass is 9.78. The number of aliphatic hydroxyl groups is 1. The number of rotatable bonds is 10. The van der Waals surface area contributed by atoms with Crippen molar-refractivity contribution in [3.05, 3.63) is 59.7 Å². The van der Waals surface area contributed by atoms with Gasteiger partial charge in [0, 0.05) is 25.0 Å². The molecule has 9 heteroatoms. The summed E-state index contributed by atoms with van der Waals surface area (Å²) in [6, 6.07) is 13.4. The normalized spacial score (nSPS) is 16.0. The van der Waals surface area contributed by atoms with Crippen LogP contribution in [0.15, 0.2) is 48.5 Å². The molecule has 0 aromatic heterocycles. The first kappa shape index (κ1) is 24.3. The summed E-state index contributed by atoms with van der Waals surface area (Å²) >= 11 is 0. The Hall–Kier alpha value is -2.39. The number of β-amino-alcohol motifs (C(OH)–C–C–N with tert-alkyl or cyclic N) is 1. The van der Waals surface area contributed by atoms with E-state index in [1.165, 1.54) is 12.1 Å². The van der Waals surface area contributed by atoms with Gasteiger partial charge in [0.1, 0.15) is 24.2 Å². The molecule has 1 fully saturated rings. The van der Waals surface area contributed by atoms with Crippen LogP contribution in [0.4, 0.5) is 22.0 Å². The van der Waals surface area contributed by atoms with E-state index in [2.05, 4.69) is 9.64 Å². The Balaban J connectivity index is 1.59. The summed E-state index contributed by atoms with van der Waals surface area (Å²) in [5.74, 6) is -4.36. The first-order valence-corrected chi connectivity index (χ1v) is 10.2. The smallest absolute Gasteiger partial charge is 0.456 e. The van der Waals surface area contributed by atoms with E-state index in [0.717, 1.165) is 24.2 Å². The third-order valence-electron chi connectivity index (χ3n) is 5.44. The Morgan fingerprint density at radius 3 is 1.75 bits per heavy atom. The van der Waals surface area contributed by atoms with Crippen LogP contribution in [0.25, 0.3) is 0 Å². The average molecular weight is 459 g/mol. The molecule has 0 amide bonds. The molecule has 1 N–H and O–H groups in total. The molecular weight excluding hydrogens is 433 g/mol. The third-order valence-corrected chi connectivity index (χ3v) is 5.44. The van der Waals surface area contributed by atoms with Crippen molar-refractivity contribution in [3.8, 4) is 11.5 Å². The quantitative estimate of drug-likeness (QED) is 0.415. The molecule has 0 radical (unpaired) electrons. The molecule has 0 spiro atoms. The van der Waals surface area contributed by atoms with Gasteiger partial charge in [-0.3, -0.25) is 4.90 Å². The van der Waals surface area contributed by atoms with Crippen LogP contribution in [0.3, 0.4) is 0 Å². The first-order chi connectivity index (χ1) is 14.9. The maximum Gasteiger partial charge on any atom is 0.456 e. The van der Waals surface area contributed by atoms with E-state index in [9.17, 15) is 27.1 Å². The Labute approximate surface area is 183 Å². The molecule has 1 aliphatic rings. The van der Waals surface area contributed by atoms with Crippen molar-refractivity contribution in [3.63, 3.8) is 0 Å². The van der Waals surface area contributed by atoms with E-state index in [0.29, 0.717) is 12.3 Å². The maximum absolute atomic E-state index is 13.0. The van der Waals surface area contributed by atoms with Gasteiger partial charge in [-0.25, -0.2) is 0 Å². The van der Waals surface area contributed by atoms with Gasteiger partial charge in [0.25, 0.3) is 0 Å². The molecule has 1 unspecified atom stereocenters. The van der Waals surface area contributed by atoms with Crippen molar-refractivity contribution in [2.75, 3.05) is 32.8 Å². The molecule has 1 atom stereocenters.